The molecule has 5 rings (SSSR count). The molecule has 0 spiro atoms. The van der Waals surface area contributed by atoms with Crippen LogP contribution in [-0.4, -0.2) is 34.9 Å². The fraction of sp³-hybridized carbons (Fsp3) is 0.222. The molecular formula is C36H33NO5. The molecule has 1 aliphatic rings. The molecule has 1 saturated heterocycles. The standard InChI is InChI=1S/C36H33NO5/c1-27(38)42-36(30-18-10-4-11-19-30,31-20-12-5-13-21-31)26-35(24-32(39)29-16-8-3-9-17-29)33(40)22-23-37(34(35)41)25-28-14-6-2-7-15-28/h2-21H,22-26H2,1H3. The molecule has 6 nitrogen and oxygen atoms in total. The first-order valence-corrected chi connectivity index (χ1v) is 14.1. The zero-order valence-corrected chi connectivity index (χ0v) is 23.6. The van der Waals surface area contributed by atoms with Gasteiger partial charge in [-0.3, -0.25) is 19.2 Å². The van der Waals surface area contributed by atoms with Crippen molar-refractivity contribution >= 4 is 23.4 Å². The van der Waals surface area contributed by atoms with Crippen molar-refractivity contribution in [1.29, 1.82) is 0 Å². The highest BCUT2D eigenvalue weighted by Crippen LogP contribution is 2.48. The minimum Gasteiger partial charge on any atom is -0.449 e. The minimum absolute atomic E-state index is 0.0837. The highest BCUT2D eigenvalue weighted by molar-refractivity contribution is 6.13. The number of carbonyl (C=O) groups is 4. The lowest BCUT2D eigenvalue weighted by Crippen LogP contribution is -2.57. The largest absolute Gasteiger partial charge is 0.449 e. The van der Waals surface area contributed by atoms with Gasteiger partial charge in [-0.1, -0.05) is 121 Å². The van der Waals surface area contributed by atoms with Crippen molar-refractivity contribution in [2.24, 2.45) is 5.41 Å². The zero-order valence-electron chi connectivity index (χ0n) is 23.6. The van der Waals surface area contributed by atoms with Gasteiger partial charge < -0.3 is 9.64 Å². The van der Waals surface area contributed by atoms with Crippen LogP contribution in [0, 0.1) is 5.41 Å². The van der Waals surface area contributed by atoms with Gasteiger partial charge in [-0.15, -0.1) is 0 Å². The third-order valence-electron chi connectivity index (χ3n) is 7.96. The number of carbonyl (C=O) groups excluding carboxylic acids is 4. The number of rotatable bonds is 10. The van der Waals surface area contributed by atoms with E-state index in [1.807, 2.05) is 97.1 Å². The Balaban J connectivity index is 1.69. The van der Waals surface area contributed by atoms with E-state index in [1.165, 1.54) is 6.92 Å². The normalized spacial score (nSPS) is 17.1. The summed E-state index contributed by atoms with van der Waals surface area (Å²) in [7, 11) is 0. The smallest absolute Gasteiger partial charge is 0.303 e. The molecule has 1 heterocycles. The lowest BCUT2D eigenvalue weighted by atomic mass is 9.64. The summed E-state index contributed by atoms with van der Waals surface area (Å²) in [6.45, 7) is 1.85. The second-order valence-corrected chi connectivity index (χ2v) is 10.8. The first-order chi connectivity index (χ1) is 20.3. The predicted molar refractivity (Wildman–Crippen MR) is 159 cm³/mol. The zero-order chi connectivity index (χ0) is 29.6. The van der Waals surface area contributed by atoms with Crippen molar-refractivity contribution in [3.8, 4) is 0 Å². The van der Waals surface area contributed by atoms with E-state index in [1.54, 1.807) is 29.2 Å². The molecular weight excluding hydrogens is 526 g/mol. The second-order valence-electron chi connectivity index (χ2n) is 10.8. The maximum atomic E-state index is 14.7. The molecule has 4 aromatic rings. The number of likely N-dealkylation sites (tertiary alicyclic amines) is 1. The van der Waals surface area contributed by atoms with Crippen LogP contribution < -0.4 is 0 Å². The number of amides is 1. The number of Topliss-reactive ketones (excluding diaryl/α,β-unsaturated/α-hetero) is 2. The van der Waals surface area contributed by atoms with E-state index in [0.717, 1.165) is 5.56 Å². The quantitative estimate of drug-likeness (QED) is 0.132. The Morgan fingerprint density at radius 2 is 1.26 bits per heavy atom. The van der Waals surface area contributed by atoms with Crippen molar-refractivity contribution in [1.82, 2.24) is 4.90 Å². The van der Waals surface area contributed by atoms with Crippen LogP contribution in [0.1, 0.15) is 53.2 Å². The van der Waals surface area contributed by atoms with Gasteiger partial charge in [-0.05, 0) is 5.56 Å². The number of ether oxygens (including phenoxy) is 1. The first kappa shape index (κ1) is 28.7. The van der Waals surface area contributed by atoms with Gasteiger partial charge in [0.05, 0.1) is 0 Å². The summed E-state index contributed by atoms with van der Waals surface area (Å²) in [6, 6.07) is 36.5. The van der Waals surface area contributed by atoms with Gasteiger partial charge >= 0.3 is 5.97 Å². The average Bonchev–Trinajstić information content (AvgIpc) is 3.02. The van der Waals surface area contributed by atoms with Gasteiger partial charge in [0.1, 0.15) is 5.41 Å². The summed E-state index contributed by atoms with van der Waals surface area (Å²) in [6.07, 6.45) is -0.474. The highest BCUT2D eigenvalue weighted by atomic mass is 16.6. The van der Waals surface area contributed by atoms with E-state index in [4.69, 9.17) is 4.74 Å². The number of nitrogens with zero attached hydrogens (tertiary/aromatic N) is 1. The topological polar surface area (TPSA) is 80.8 Å². The molecule has 6 heteroatoms. The molecule has 0 saturated carbocycles. The SMILES string of the molecule is CC(=O)OC(CC1(CC(=O)c2ccccc2)C(=O)CCN(Cc2ccccc2)C1=O)(c1ccccc1)c1ccccc1. The molecule has 212 valence electrons. The van der Waals surface area contributed by atoms with Gasteiger partial charge in [0.15, 0.2) is 17.2 Å². The summed E-state index contributed by atoms with van der Waals surface area (Å²) in [5.41, 5.74) is -0.735. The average molecular weight is 560 g/mol. The molecule has 1 unspecified atom stereocenters. The molecule has 0 aliphatic carbocycles. The summed E-state index contributed by atoms with van der Waals surface area (Å²) in [5.74, 6) is -1.65. The fourth-order valence-electron chi connectivity index (χ4n) is 5.97. The molecule has 0 bridgehead atoms. The van der Waals surface area contributed by atoms with Crippen molar-refractivity contribution in [2.45, 2.75) is 38.3 Å². The van der Waals surface area contributed by atoms with E-state index in [0.29, 0.717) is 23.2 Å². The molecule has 0 radical (unpaired) electrons. The van der Waals surface area contributed by atoms with Crippen molar-refractivity contribution in [2.75, 3.05) is 6.54 Å². The Labute approximate surface area is 245 Å². The number of hydrogen-bond donors (Lipinski definition) is 0. The van der Waals surface area contributed by atoms with Crippen LogP contribution in [0.2, 0.25) is 0 Å². The number of piperidine rings is 1. The Hall–Kier alpha value is -4.84. The molecule has 4 aromatic carbocycles. The van der Waals surface area contributed by atoms with Gasteiger partial charge in [0, 0.05) is 56.0 Å². The van der Waals surface area contributed by atoms with E-state index < -0.39 is 22.9 Å². The predicted octanol–water partition coefficient (Wildman–Crippen LogP) is 6.14. The lowest BCUT2D eigenvalue weighted by Gasteiger charge is -2.46. The summed E-state index contributed by atoms with van der Waals surface area (Å²) in [4.78, 5) is 57.1. The Morgan fingerprint density at radius 1 is 0.762 bits per heavy atom. The third kappa shape index (κ3) is 5.79. The maximum absolute atomic E-state index is 14.7. The van der Waals surface area contributed by atoms with Crippen molar-refractivity contribution in [3.63, 3.8) is 0 Å². The maximum Gasteiger partial charge on any atom is 0.303 e. The Bertz CT molecular complexity index is 1510. The van der Waals surface area contributed by atoms with Gasteiger partial charge in [-0.25, -0.2) is 0 Å². The molecule has 1 amide bonds. The van der Waals surface area contributed by atoms with Crippen LogP contribution >= 0.6 is 0 Å². The van der Waals surface area contributed by atoms with Crippen molar-refractivity contribution in [3.05, 3.63) is 144 Å². The van der Waals surface area contributed by atoms with Crippen LogP contribution in [0.5, 0.6) is 0 Å². The van der Waals surface area contributed by atoms with Crippen molar-refractivity contribution < 1.29 is 23.9 Å². The fourth-order valence-corrected chi connectivity index (χ4v) is 5.97. The van der Waals surface area contributed by atoms with E-state index in [-0.39, 0.29) is 37.4 Å². The first-order valence-electron chi connectivity index (χ1n) is 14.1. The van der Waals surface area contributed by atoms with E-state index >= 15 is 0 Å². The van der Waals surface area contributed by atoms with E-state index in [9.17, 15) is 19.2 Å². The van der Waals surface area contributed by atoms with Gasteiger partial charge in [0.2, 0.25) is 5.91 Å². The van der Waals surface area contributed by atoms with Crippen LogP contribution in [0.4, 0.5) is 0 Å². The van der Waals surface area contributed by atoms with Gasteiger partial charge in [-0.2, -0.15) is 0 Å². The Morgan fingerprint density at radius 3 is 1.79 bits per heavy atom. The molecule has 1 fully saturated rings. The molecule has 0 aromatic heterocycles. The number of esters is 1. The molecule has 1 aliphatic heterocycles. The minimum atomic E-state index is -1.78. The molecule has 0 N–H and O–H groups in total. The Kier molecular flexibility index (Phi) is 8.43. The van der Waals surface area contributed by atoms with Crippen LogP contribution in [0.25, 0.3) is 0 Å². The van der Waals surface area contributed by atoms with Crippen LogP contribution in [0.3, 0.4) is 0 Å². The lowest BCUT2D eigenvalue weighted by molar-refractivity contribution is -0.169. The number of hydrogen-bond acceptors (Lipinski definition) is 5. The van der Waals surface area contributed by atoms with Gasteiger partial charge in [0.25, 0.3) is 0 Å². The molecule has 42 heavy (non-hydrogen) atoms. The second kappa shape index (κ2) is 12.4. The third-order valence-corrected chi connectivity index (χ3v) is 7.96. The van der Waals surface area contributed by atoms with Crippen LogP contribution in [0.15, 0.2) is 121 Å². The monoisotopic (exact) mass is 559 g/mol. The highest BCUT2D eigenvalue weighted by Gasteiger charge is 2.57. The summed E-state index contributed by atoms with van der Waals surface area (Å²) < 4.78 is 6.20. The number of benzene rings is 4. The number of ketones is 2. The molecule has 1 atom stereocenters. The van der Waals surface area contributed by atoms with E-state index in [2.05, 4.69) is 0 Å². The summed E-state index contributed by atoms with van der Waals surface area (Å²) in [5, 5.41) is 0. The summed E-state index contributed by atoms with van der Waals surface area (Å²) >= 11 is 0. The van der Waals surface area contributed by atoms with Crippen LogP contribution in [-0.2, 0) is 31.3 Å².